The van der Waals surface area contributed by atoms with Crippen LogP contribution in [0.4, 0.5) is 0 Å². The van der Waals surface area contributed by atoms with E-state index < -0.39 is 0 Å². The fourth-order valence-electron chi connectivity index (χ4n) is 1.25. The largest absolute Gasteiger partial charge is 0.334 e. The van der Waals surface area contributed by atoms with E-state index in [9.17, 15) is 0 Å². The van der Waals surface area contributed by atoms with Crippen LogP contribution >= 0.6 is 0 Å². The zero-order valence-electron chi connectivity index (χ0n) is 7.66. The summed E-state index contributed by atoms with van der Waals surface area (Å²) in [6, 6.07) is 0. The SMILES string of the molecule is CCCCc1nccn1CCN. The van der Waals surface area contributed by atoms with Gasteiger partial charge in [0.15, 0.2) is 0 Å². The van der Waals surface area contributed by atoms with E-state index in [-0.39, 0.29) is 0 Å². The number of rotatable bonds is 5. The number of unbranched alkanes of at least 4 members (excludes halogenated alkanes) is 1. The molecule has 0 bridgehead atoms. The number of hydrogen-bond donors (Lipinski definition) is 1. The summed E-state index contributed by atoms with van der Waals surface area (Å²) < 4.78 is 2.13. The highest BCUT2D eigenvalue weighted by Gasteiger charge is 1.99. The lowest BCUT2D eigenvalue weighted by Crippen LogP contribution is -2.11. The second kappa shape index (κ2) is 4.93. The first-order chi connectivity index (χ1) is 5.88. The highest BCUT2D eigenvalue weighted by molar-refractivity contribution is 4.92. The van der Waals surface area contributed by atoms with Crippen molar-refractivity contribution in [2.45, 2.75) is 32.7 Å². The number of nitrogens with zero attached hydrogens (tertiary/aromatic N) is 2. The predicted molar refractivity (Wildman–Crippen MR) is 49.9 cm³/mol. The molecule has 0 atom stereocenters. The second-order valence-electron chi connectivity index (χ2n) is 2.93. The summed E-state index contributed by atoms with van der Waals surface area (Å²) in [5.41, 5.74) is 5.47. The summed E-state index contributed by atoms with van der Waals surface area (Å²) >= 11 is 0. The van der Waals surface area contributed by atoms with Crippen LogP contribution in [0.15, 0.2) is 12.4 Å². The van der Waals surface area contributed by atoms with Crippen LogP contribution in [0.25, 0.3) is 0 Å². The van der Waals surface area contributed by atoms with Gasteiger partial charge in [-0.2, -0.15) is 0 Å². The molecule has 3 nitrogen and oxygen atoms in total. The monoisotopic (exact) mass is 167 g/mol. The molecule has 1 aromatic rings. The first kappa shape index (κ1) is 9.26. The highest BCUT2D eigenvalue weighted by Crippen LogP contribution is 2.02. The van der Waals surface area contributed by atoms with Gasteiger partial charge in [-0.25, -0.2) is 4.98 Å². The Morgan fingerprint density at radius 1 is 1.58 bits per heavy atom. The Morgan fingerprint density at radius 2 is 2.42 bits per heavy atom. The zero-order chi connectivity index (χ0) is 8.81. The van der Waals surface area contributed by atoms with Crippen LogP contribution in [-0.4, -0.2) is 16.1 Å². The average Bonchev–Trinajstić information content (AvgIpc) is 2.50. The summed E-state index contributed by atoms with van der Waals surface area (Å²) in [4.78, 5) is 4.28. The molecule has 2 N–H and O–H groups in total. The fraction of sp³-hybridized carbons (Fsp3) is 0.667. The van der Waals surface area contributed by atoms with Crippen molar-refractivity contribution in [1.29, 1.82) is 0 Å². The molecule has 0 fully saturated rings. The van der Waals surface area contributed by atoms with E-state index in [0.29, 0.717) is 6.54 Å². The maximum absolute atomic E-state index is 5.47. The van der Waals surface area contributed by atoms with Gasteiger partial charge in [-0.15, -0.1) is 0 Å². The fourth-order valence-corrected chi connectivity index (χ4v) is 1.25. The van der Waals surface area contributed by atoms with Crippen LogP contribution in [0, 0.1) is 0 Å². The molecule has 68 valence electrons. The zero-order valence-corrected chi connectivity index (χ0v) is 7.66. The van der Waals surface area contributed by atoms with Gasteiger partial charge in [0.1, 0.15) is 5.82 Å². The van der Waals surface area contributed by atoms with Crippen LogP contribution in [-0.2, 0) is 13.0 Å². The quantitative estimate of drug-likeness (QED) is 0.715. The summed E-state index contributed by atoms with van der Waals surface area (Å²) in [6.45, 7) is 3.77. The van der Waals surface area contributed by atoms with Crippen LogP contribution < -0.4 is 5.73 Å². The molecule has 1 heterocycles. The molecule has 3 heteroatoms. The van der Waals surface area contributed by atoms with Gasteiger partial charge >= 0.3 is 0 Å². The predicted octanol–water partition coefficient (Wildman–Crippen LogP) is 1.18. The Hall–Kier alpha value is -0.830. The van der Waals surface area contributed by atoms with Crippen molar-refractivity contribution < 1.29 is 0 Å². The Morgan fingerprint density at radius 3 is 3.08 bits per heavy atom. The Kier molecular flexibility index (Phi) is 3.80. The average molecular weight is 167 g/mol. The highest BCUT2D eigenvalue weighted by atomic mass is 15.1. The van der Waals surface area contributed by atoms with Gasteiger partial charge in [0.05, 0.1) is 0 Å². The number of hydrogen-bond acceptors (Lipinski definition) is 2. The molecule has 12 heavy (non-hydrogen) atoms. The summed E-state index contributed by atoms with van der Waals surface area (Å²) in [7, 11) is 0. The normalized spacial score (nSPS) is 10.5. The molecule has 0 saturated heterocycles. The van der Waals surface area contributed by atoms with Crippen molar-refractivity contribution in [3.05, 3.63) is 18.2 Å². The van der Waals surface area contributed by atoms with Crippen molar-refractivity contribution >= 4 is 0 Å². The van der Waals surface area contributed by atoms with Crippen molar-refractivity contribution in [2.75, 3.05) is 6.54 Å². The minimum absolute atomic E-state index is 0.690. The first-order valence-electron chi connectivity index (χ1n) is 4.58. The molecular weight excluding hydrogens is 150 g/mol. The third-order valence-corrected chi connectivity index (χ3v) is 1.93. The van der Waals surface area contributed by atoms with E-state index in [1.165, 1.54) is 18.7 Å². The van der Waals surface area contributed by atoms with Gasteiger partial charge in [-0.05, 0) is 6.42 Å². The van der Waals surface area contributed by atoms with Gasteiger partial charge in [0.2, 0.25) is 0 Å². The molecule has 0 saturated carbocycles. The van der Waals surface area contributed by atoms with E-state index in [0.717, 1.165) is 13.0 Å². The van der Waals surface area contributed by atoms with Crippen molar-refractivity contribution in [3.63, 3.8) is 0 Å². The van der Waals surface area contributed by atoms with E-state index in [4.69, 9.17) is 5.73 Å². The van der Waals surface area contributed by atoms with Gasteiger partial charge < -0.3 is 10.3 Å². The van der Waals surface area contributed by atoms with E-state index in [1.807, 2.05) is 12.4 Å². The van der Waals surface area contributed by atoms with Crippen LogP contribution in [0.3, 0.4) is 0 Å². The Labute approximate surface area is 73.6 Å². The molecular formula is C9H17N3. The number of imidazole rings is 1. The molecule has 0 aliphatic carbocycles. The Balaban J connectivity index is 2.51. The maximum atomic E-state index is 5.47. The van der Waals surface area contributed by atoms with Gasteiger partial charge in [-0.3, -0.25) is 0 Å². The molecule has 0 aliphatic rings. The molecule has 0 radical (unpaired) electrons. The molecule has 1 rings (SSSR count). The minimum Gasteiger partial charge on any atom is -0.334 e. The van der Waals surface area contributed by atoms with Crippen LogP contribution in [0.5, 0.6) is 0 Å². The molecule has 1 aromatic heterocycles. The number of nitrogens with two attached hydrogens (primary N) is 1. The summed E-state index contributed by atoms with van der Waals surface area (Å²) in [5.74, 6) is 1.17. The van der Waals surface area contributed by atoms with Gasteiger partial charge in [-0.1, -0.05) is 13.3 Å². The second-order valence-corrected chi connectivity index (χ2v) is 2.93. The first-order valence-corrected chi connectivity index (χ1v) is 4.58. The molecule has 0 amide bonds. The number of aryl methyl sites for hydroxylation is 1. The lowest BCUT2D eigenvalue weighted by molar-refractivity contribution is 0.637. The van der Waals surface area contributed by atoms with E-state index in [2.05, 4.69) is 16.5 Å². The summed E-state index contributed by atoms with van der Waals surface area (Å²) in [6.07, 6.45) is 7.35. The van der Waals surface area contributed by atoms with E-state index >= 15 is 0 Å². The lowest BCUT2D eigenvalue weighted by atomic mass is 10.2. The van der Waals surface area contributed by atoms with Crippen molar-refractivity contribution in [2.24, 2.45) is 5.73 Å². The van der Waals surface area contributed by atoms with Crippen molar-refractivity contribution in [1.82, 2.24) is 9.55 Å². The molecule has 0 aromatic carbocycles. The third kappa shape index (κ3) is 2.34. The van der Waals surface area contributed by atoms with E-state index in [1.54, 1.807) is 0 Å². The van der Waals surface area contributed by atoms with Crippen molar-refractivity contribution in [3.8, 4) is 0 Å². The summed E-state index contributed by atoms with van der Waals surface area (Å²) in [5, 5.41) is 0. The standard InChI is InChI=1S/C9H17N3/c1-2-3-4-9-11-6-8-12(9)7-5-10/h6,8H,2-5,7,10H2,1H3. The topological polar surface area (TPSA) is 43.8 Å². The van der Waals surface area contributed by atoms with Gasteiger partial charge in [0.25, 0.3) is 0 Å². The third-order valence-electron chi connectivity index (χ3n) is 1.93. The van der Waals surface area contributed by atoms with Gasteiger partial charge in [0, 0.05) is 31.9 Å². The molecule has 0 aliphatic heterocycles. The maximum Gasteiger partial charge on any atom is 0.108 e. The minimum atomic E-state index is 0.690. The Bertz CT molecular complexity index is 217. The smallest absolute Gasteiger partial charge is 0.108 e. The lowest BCUT2D eigenvalue weighted by Gasteiger charge is -2.04. The number of aromatic nitrogens is 2. The van der Waals surface area contributed by atoms with Crippen LogP contribution in [0.1, 0.15) is 25.6 Å². The molecule has 0 spiro atoms. The van der Waals surface area contributed by atoms with Crippen LogP contribution in [0.2, 0.25) is 0 Å². The molecule has 0 unspecified atom stereocenters.